The van der Waals surface area contributed by atoms with Crippen LogP contribution in [0.1, 0.15) is 20.3 Å². The molecule has 0 aliphatic carbocycles. The Morgan fingerprint density at radius 1 is 0.424 bits per heavy atom. The van der Waals surface area contributed by atoms with Gasteiger partial charge in [-0.3, -0.25) is 0 Å². The van der Waals surface area contributed by atoms with E-state index in [1.54, 1.807) is 70.9 Å². The first-order valence-electron chi connectivity index (χ1n) is 20.5. The first-order valence-corrected chi connectivity index (χ1v) is 48.6. The summed E-state index contributed by atoms with van der Waals surface area (Å²) < 4.78 is 50.3. The first kappa shape index (κ1) is 87.7. The van der Waals surface area contributed by atoms with E-state index >= 15 is 0 Å². The third kappa shape index (κ3) is 147. The van der Waals surface area contributed by atoms with Crippen molar-refractivity contribution in [1.82, 2.24) is 0 Å². The fraction of sp³-hybridized carbons (Fsp3) is 0.923. The van der Waals surface area contributed by atoms with Crippen LogP contribution in [-0.4, -0.2) is 148 Å². The van der Waals surface area contributed by atoms with Gasteiger partial charge in [0.1, 0.15) is 0 Å². The molecule has 20 heteroatoms. The van der Waals surface area contributed by atoms with Gasteiger partial charge in [0.2, 0.25) is 0 Å². The van der Waals surface area contributed by atoms with E-state index in [0.29, 0.717) is 0 Å². The van der Waals surface area contributed by atoms with Crippen LogP contribution in [-0.2, 0) is 62.8 Å². The summed E-state index contributed by atoms with van der Waals surface area (Å²) in [6.45, 7) is 58.1. The van der Waals surface area contributed by atoms with Gasteiger partial charge in [-0.05, 0) is 130 Å². The molecule has 0 aliphatic heterocycles. The van der Waals surface area contributed by atoms with E-state index in [2.05, 4.69) is 144 Å². The predicted octanol–water partition coefficient (Wildman–Crippen LogP) is 12.7. The van der Waals surface area contributed by atoms with Crippen molar-refractivity contribution in [2.24, 2.45) is 0 Å². The van der Waals surface area contributed by atoms with E-state index in [1.807, 2.05) is 33.3 Å². The monoisotopic (exact) mass is 1040 g/mol. The van der Waals surface area contributed by atoms with Crippen molar-refractivity contribution in [2.45, 2.75) is 170 Å². The Morgan fingerprint density at radius 2 is 0.576 bits per heavy atom. The van der Waals surface area contributed by atoms with Crippen LogP contribution in [0.4, 0.5) is 0 Å². The van der Waals surface area contributed by atoms with Crippen molar-refractivity contribution < 1.29 is 62.8 Å². The molecule has 0 saturated carbocycles. The van der Waals surface area contributed by atoms with Gasteiger partial charge < -0.3 is 51.2 Å². The Hall–Kier alpha value is 1.88. The Kier molecular flexibility index (Phi) is 78.1. The normalized spacial score (nSPS) is 11.0. The molecule has 10 nitrogen and oxygen atoms in total. The summed E-state index contributed by atoms with van der Waals surface area (Å²) in [4.78, 5) is 0. The zero-order valence-electron chi connectivity index (χ0n) is 46.6. The third-order valence-corrected chi connectivity index (χ3v) is 20.3. The number of hydrogen-bond donors (Lipinski definition) is 0. The van der Waals surface area contributed by atoms with Crippen LogP contribution in [0.15, 0.2) is 12.3 Å². The van der Waals surface area contributed by atoms with Crippen LogP contribution in [0.25, 0.3) is 0 Å². The smallest absolute Gasteiger partial charge is 0.331 e. The maximum Gasteiger partial charge on any atom is 0.331 e. The summed E-state index contributed by atoms with van der Waals surface area (Å²) in [6, 6.07) is 1.28. The summed E-state index contributed by atoms with van der Waals surface area (Å²) in [6.07, 6.45) is 1.26. The standard InChI is InChI=1S/C6H16OSi.C5H12Si.2C4H12O2Si.3C4H12OSi.2C3H10OSi.C2H5.V/c1-5-6-8(3,4)7-2;1-5-6(2,3)4;2*1-5-7(3,4)6-2;3*1-5-6(2,3)4;2*1-4-5(2)3;1-2;/h5-6H2,1-4H3;5H,1H2,2-4H3;2*1-4H3;3*1-4H3;2*5H,1-3H3;1H2,2H3;/q;;;;;;;;;-1;. The van der Waals surface area contributed by atoms with Crippen LogP contribution in [0.3, 0.4) is 0 Å². The molecule has 0 aromatic carbocycles. The Balaban J connectivity index is -0.0000000486. The van der Waals surface area contributed by atoms with Gasteiger partial charge in [-0.25, -0.2) is 0 Å². The quantitative estimate of drug-likeness (QED) is 0.131. The molecule has 1 radical (unpaired) electrons. The van der Waals surface area contributed by atoms with Crippen LogP contribution in [0.2, 0.25) is 150 Å². The average Bonchev–Trinajstić information content (AvgIpc) is 3.13. The predicted molar refractivity (Wildman–Crippen MR) is 290 cm³/mol. The fourth-order valence-electron chi connectivity index (χ4n) is 0.871. The maximum absolute atomic E-state index is 5.32. The molecule has 0 aromatic rings. The van der Waals surface area contributed by atoms with Gasteiger partial charge in [0.15, 0.2) is 51.4 Å². The second-order valence-electron chi connectivity index (χ2n) is 18.4. The number of rotatable bonds is 13. The molecular formula is C39H113O10Si9V-. The summed E-state index contributed by atoms with van der Waals surface area (Å²) >= 11 is 0. The minimum atomic E-state index is -1.65. The molecule has 371 valence electrons. The summed E-state index contributed by atoms with van der Waals surface area (Å²) in [5.74, 6) is 0. The summed E-state index contributed by atoms with van der Waals surface area (Å²) in [5, 5.41) is 0. The number of hydrogen-bond acceptors (Lipinski definition) is 10. The van der Waals surface area contributed by atoms with Gasteiger partial charge in [-0.2, -0.15) is 6.92 Å². The zero-order valence-corrected chi connectivity index (χ0v) is 57.3. The van der Waals surface area contributed by atoms with Gasteiger partial charge in [0, 0.05) is 89.7 Å². The minimum absolute atomic E-state index is 0. The molecule has 0 unspecified atom stereocenters. The van der Waals surface area contributed by atoms with Gasteiger partial charge in [-0.1, -0.05) is 33.0 Å². The molecule has 0 rings (SSSR count). The Labute approximate surface area is 397 Å². The molecule has 0 aliphatic rings. The van der Waals surface area contributed by atoms with E-state index in [0.717, 1.165) is 0 Å². The molecule has 0 N–H and O–H groups in total. The van der Waals surface area contributed by atoms with Crippen molar-refractivity contribution in [1.29, 1.82) is 0 Å². The molecule has 0 atom stereocenters. The van der Waals surface area contributed by atoms with Gasteiger partial charge >= 0.3 is 17.1 Å². The van der Waals surface area contributed by atoms with Crippen LogP contribution in [0, 0.1) is 6.92 Å². The third-order valence-electron chi connectivity index (χ3n) is 6.76. The zero-order chi connectivity index (χ0) is 49.8. The fourth-order valence-corrected chi connectivity index (χ4v) is 2.61. The van der Waals surface area contributed by atoms with Crippen molar-refractivity contribution in [3.63, 3.8) is 0 Å². The minimum Gasteiger partial charge on any atom is -0.424 e. The van der Waals surface area contributed by atoms with Crippen molar-refractivity contribution >= 4 is 76.5 Å². The molecule has 0 saturated heterocycles. The van der Waals surface area contributed by atoms with Crippen LogP contribution in [0.5, 0.6) is 0 Å². The topological polar surface area (TPSA) is 92.3 Å². The molecular weight excluding hydrogens is 932 g/mol. The molecule has 59 heavy (non-hydrogen) atoms. The largest absolute Gasteiger partial charge is 0.424 e. The second-order valence-corrected chi connectivity index (χ2v) is 54.3. The van der Waals surface area contributed by atoms with Gasteiger partial charge in [0.25, 0.3) is 0 Å². The molecule has 0 amide bonds. The van der Waals surface area contributed by atoms with E-state index < -0.39 is 76.5 Å². The summed E-state index contributed by atoms with van der Waals surface area (Å²) in [7, 11) is 7.32. The maximum atomic E-state index is 5.32. The van der Waals surface area contributed by atoms with Gasteiger partial charge in [0.05, 0.1) is 8.07 Å². The van der Waals surface area contributed by atoms with E-state index in [4.69, 9.17) is 44.3 Å². The van der Waals surface area contributed by atoms with E-state index in [9.17, 15) is 0 Å². The molecule has 0 spiro atoms. The summed E-state index contributed by atoms with van der Waals surface area (Å²) in [5.41, 5.74) is 2.08. The average molecular weight is 1050 g/mol. The second kappa shape index (κ2) is 52.5. The van der Waals surface area contributed by atoms with Crippen molar-refractivity contribution in [3.8, 4) is 0 Å². The van der Waals surface area contributed by atoms with E-state index in [-0.39, 0.29) is 18.6 Å². The van der Waals surface area contributed by atoms with Crippen molar-refractivity contribution in [3.05, 3.63) is 19.2 Å². The van der Waals surface area contributed by atoms with E-state index in [1.165, 1.54) is 12.5 Å². The molecule has 0 aromatic heterocycles. The first-order chi connectivity index (χ1) is 25.6. The van der Waals surface area contributed by atoms with Gasteiger partial charge in [-0.15, -0.1) is 12.3 Å². The van der Waals surface area contributed by atoms with Crippen LogP contribution < -0.4 is 0 Å². The van der Waals surface area contributed by atoms with Crippen molar-refractivity contribution in [2.75, 3.05) is 71.1 Å². The van der Waals surface area contributed by atoms with Crippen LogP contribution >= 0.6 is 0 Å². The Morgan fingerprint density at radius 3 is 0.593 bits per heavy atom. The molecule has 0 heterocycles. The molecule has 0 fully saturated rings. The molecule has 0 bridgehead atoms. The SMILES string of the molecule is C=C[Si](C)(C)C.CCC[Si](C)(C)OC.CO[SiH](C)C.CO[SiH](C)C.CO[Si](C)(C)C.CO[Si](C)(C)C.CO[Si](C)(C)C.CO[Si](C)(C)OC.CO[Si](C)(C)OC.[CH2-]C.[V]. The Bertz CT molecular complexity index is 707.